The van der Waals surface area contributed by atoms with Gasteiger partial charge in [-0.15, -0.1) is 0 Å². The molecule has 0 aliphatic heterocycles. The Morgan fingerprint density at radius 2 is 2.38 bits per heavy atom. The Kier molecular flexibility index (Phi) is 3.23. The second kappa shape index (κ2) is 4.03. The fraction of sp³-hybridized carbons (Fsp3) is 0.333. The van der Waals surface area contributed by atoms with Gasteiger partial charge >= 0.3 is 5.97 Å². The normalized spacial score (nSPS) is 12.8. The van der Waals surface area contributed by atoms with E-state index in [0.29, 0.717) is 9.35 Å². The first-order chi connectivity index (χ1) is 6.02. The summed E-state index contributed by atoms with van der Waals surface area (Å²) in [6.45, 7) is 0. The molecule has 0 radical (unpaired) electrons. The standard InChI is InChI=1S/C6H7BrN2O3S/c7-4-3(13-9-5(4)10)1-2(8)6(11)12/h2H,1,8H2,(H,9,10)(H,11,12)/t2-/m0/s1. The molecule has 1 heterocycles. The van der Waals surface area contributed by atoms with E-state index >= 15 is 0 Å². The molecule has 1 atom stereocenters. The largest absolute Gasteiger partial charge is 0.480 e. The molecule has 0 spiro atoms. The van der Waals surface area contributed by atoms with E-state index in [1.807, 2.05) is 0 Å². The van der Waals surface area contributed by atoms with Gasteiger partial charge in [0.05, 0.1) is 4.47 Å². The number of aliphatic carboxylic acids is 1. The number of aromatic amines is 1. The SMILES string of the molecule is N[C@@H](Cc1s[nH]c(=O)c1Br)C(=O)O. The lowest BCUT2D eigenvalue weighted by Crippen LogP contribution is -2.32. The van der Waals surface area contributed by atoms with E-state index in [1.54, 1.807) is 0 Å². The predicted molar refractivity (Wildman–Crippen MR) is 52.0 cm³/mol. The Hall–Kier alpha value is -0.660. The van der Waals surface area contributed by atoms with Gasteiger partial charge in [0.2, 0.25) is 0 Å². The first-order valence-corrected chi connectivity index (χ1v) is 4.97. The number of halogens is 1. The van der Waals surface area contributed by atoms with Crippen LogP contribution in [-0.4, -0.2) is 21.5 Å². The summed E-state index contributed by atoms with van der Waals surface area (Å²) in [6.07, 6.45) is 0.152. The van der Waals surface area contributed by atoms with Crippen molar-refractivity contribution < 1.29 is 9.90 Å². The average molecular weight is 267 g/mol. The fourth-order valence-corrected chi connectivity index (χ4v) is 2.14. The molecule has 0 aromatic carbocycles. The number of H-pyrrole nitrogens is 1. The second-order valence-corrected chi connectivity index (χ2v) is 4.11. The molecule has 1 aromatic heterocycles. The smallest absolute Gasteiger partial charge is 0.320 e. The summed E-state index contributed by atoms with van der Waals surface area (Å²) in [6, 6.07) is -0.970. The lowest BCUT2D eigenvalue weighted by molar-refractivity contribution is -0.138. The van der Waals surface area contributed by atoms with Gasteiger partial charge in [-0.3, -0.25) is 14.0 Å². The molecule has 0 aliphatic carbocycles. The number of aromatic nitrogens is 1. The van der Waals surface area contributed by atoms with Gasteiger partial charge in [-0.25, -0.2) is 0 Å². The Morgan fingerprint density at radius 3 is 2.77 bits per heavy atom. The minimum absolute atomic E-state index is 0.152. The number of nitrogens with two attached hydrogens (primary N) is 1. The number of carboxylic acid groups (broad SMARTS) is 1. The van der Waals surface area contributed by atoms with Crippen molar-refractivity contribution in [3.63, 3.8) is 0 Å². The van der Waals surface area contributed by atoms with Gasteiger partial charge in [0.25, 0.3) is 5.56 Å². The van der Waals surface area contributed by atoms with E-state index in [4.69, 9.17) is 10.8 Å². The van der Waals surface area contributed by atoms with E-state index in [2.05, 4.69) is 20.3 Å². The molecule has 13 heavy (non-hydrogen) atoms. The molecule has 7 heteroatoms. The van der Waals surface area contributed by atoms with Crippen LogP contribution in [0.5, 0.6) is 0 Å². The molecule has 1 rings (SSSR count). The number of hydrogen-bond donors (Lipinski definition) is 3. The van der Waals surface area contributed by atoms with Crippen LogP contribution >= 0.6 is 27.5 Å². The Labute approximate surface area is 85.9 Å². The molecule has 0 unspecified atom stereocenters. The van der Waals surface area contributed by atoms with E-state index in [1.165, 1.54) is 0 Å². The molecule has 0 aliphatic rings. The summed E-state index contributed by atoms with van der Waals surface area (Å²) in [5.41, 5.74) is 5.04. The van der Waals surface area contributed by atoms with Crippen LogP contribution in [0, 0.1) is 0 Å². The molecule has 72 valence electrons. The highest BCUT2D eigenvalue weighted by Crippen LogP contribution is 2.16. The molecule has 0 saturated carbocycles. The van der Waals surface area contributed by atoms with Gasteiger partial charge in [0, 0.05) is 11.3 Å². The van der Waals surface area contributed by atoms with Gasteiger partial charge in [0.15, 0.2) is 0 Å². The summed E-state index contributed by atoms with van der Waals surface area (Å²) in [5, 5.41) is 8.52. The summed E-state index contributed by atoms with van der Waals surface area (Å²) in [4.78, 5) is 21.9. The Bertz CT molecular complexity index is 372. The Morgan fingerprint density at radius 1 is 1.77 bits per heavy atom. The van der Waals surface area contributed by atoms with E-state index < -0.39 is 12.0 Å². The topological polar surface area (TPSA) is 96.2 Å². The minimum Gasteiger partial charge on any atom is -0.480 e. The third-order valence-corrected chi connectivity index (χ3v) is 3.44. The van der Waals surface area contributed by atoms with Crippen LogP contribution in [0.4, 0.5) is 0 Å². The van der Waals surface area contributed by atoms with Crippen LogP contribution in [0.3, 0.4) is 0 Å². The minimum atomic E-state index is -1.08. The summed E-state index contributed by atoms with van der Waals surface area (Å²) in [5.74, 6) is -1.08. The highest BCUT2D eigenvalue weighted by atomic mass is 79.9. The maximum Gasteiger partial charge on any atom is 0.320 e. The van der Waals surface area contributed by atoms with E-state index in [9.17, 15) is 9.59 Å². The zero-order valence-electron chi connectivity index (χ0n) is 6.41. The number of nitrogens with one attached hydrogen (secondary N) is 1. The Balaban J connectivity index is 2.80. The summed E-state index contributed by atoms with van der Waals surface area (Å²) >= 11 is 4.14. The van der Waals surface area contributed by atoms with Crippen molar-refractivity contribution in [2.24, 2.45) is 5.73 Å². The van der Waals surface area contributed by atoms with Crippen molar-refractivity contribution in [2.75, 3.05) is 0 Å². The number of carboxylic acids is 1. The quantitative estimate of drug-likeness (QED) is 0.726. The van der Waals surface area contributed by atoms with Crippen LogP contribution in [0.2, 0.25) is 0 Å². The lowest BCUT2D eigenvalue weighted by Gasteiger charge is -2.02. The highest BCUT2D eigenvalue weighted by Gasteiger charge is 2.16. The van der Waals surface area contributed by atoms with Gasteiger partial charge < -0.3 is 10.8 Å². The molecule has 0 amide bonds. The molecular weight excluding hydrogens is 260 g/mol. The number of hydrogen-bond acceptors (Lipinski definition) is 4. The number of carbonyl (C=O) groups is 1. The molecule has 5 nitrogen and oxygen atoms in total. The maximum absolute atomic E-state index is 10.9. The van der Waals surface area contributed by atoms with Crippen LogP contribution in [0.15, 0.2) is 9.27 Å². The molecular formula is C6H7BrN2O3S. The van der Waals surface area contributed by atoms with E-state index in [-0.39, 0.29) is 12.0 Å². The maximum atomic E-state index is 10.9. The molecule has 0 fully saturated rings. The zero-order chi connectivity index (χ0) is 10.0. The van der Waals surface area contributed by atoms with Gasteiger partial charge in [-0.05, 0) is 15.9 Å². The molecule has 0 bridgehead atoms. The molecule has 4 N–H and O–H groups in total. The summed E-state index contributed by atoms with van der Waals surface area (Å²) in [7, 11) is 0. The van der Waals surface area contributed by atoms with Gasteiger partial charge in [0.1, 0.15) is 6.04 Å². The van der Waals surface area contributed by atoms with Gasteiger partial charge in [-0.2, -0.15) is 0 Å². The average Bonchev–Trinajstić information content (AvgIpc) is 2.36. The van der Waals surface area contributed by atoms with Crippen LogP contribution in [0.1, 0.15) is 4.88 Å². The van der Waals surface area contributed by atoms with Gasteiger partial charge in [-0.1, -0.05) is 11.5 Å². The second-order valence-electron chi connectivity index (χ2n) is 2.42. The first kappa shape index (κ1) is 10.4. The van der Waals surface area contributed by atoms with Crippen LogP contribution in [-0.2, 0) is 11.2 Å². The van der Waals surface area contributed by atoms with Crippen molar-refractivity contribution in [3.05, 3.63) is 19.7 Å². The fourth-order valence-electron chi connectivity index (χ4n) is 0.743. The van der Waals surface area contributed by atoms with E-state index in [0.717, 1.165) is 11.5 Å². The third-order valence-electron chi connectivity index (χ3n) is 1.43. The molecule has 1 aromatic rings. The monoisotopic (exact) mass is 266 g/mol. The van der Waals surface area contributed by atoms with Crippen molar-refractivity contribution in [2.45, 2.75) is 12.5 Å². The third kappa shape index (κ3) is 2.39. The highest BCUT2D eigenvalue weighted by molar-refractivity contribution is 9.10. The van der Waals surface area contributed by atoms with Crippen LogP contribution in [0.25, 0.3) is 0 Å². The van der Waals surface area contributed by atoms with Crippen molar-refractivity contribution in [1.82, 2.24) is 4.37 Å². The summed E-state index contributed by atoms with van der Waals surface area (Å²) < 4.78 is 2.84. The predicted octanol–water partition coefficient (Wildman–Crippen LogP) is 0.153. The number of rotatable bonds is 3. The van der Waals surface area contributed by atoms with Crippen LogP contribution < -0.4 is 11.3 Å². The van der Waals surface area contributed by atoms with Crippen molar-refractivity contribution in [1.29, 1.82) is 0 Å². The van der Waals surface area contributed by atoms with Crippen molar-refractivity contribution >= 4 is 33.4 Å². The zero-order valence-corrected chi connectivity index (χ0v) is 8.81. The first-order valence-electron chi connectivity index (χ1n) is 3.36. The molecule has 0 saturated heterocycles. The lowest BCUT2D eigenvalue weighted by atomic mass is 10.2. The van der Waals surface area contributed by atoms with Crippen molar-refractivity contribution in [3.8, 4) is 0 Å².